The Bertz CT molecular complexity index is 768. The minimum Gasteiger partial charge on any atom is -0.490 e. The van der Waals surface area contributed by atoms with Crippen molar-refractivity contribution in [2.75, 3.05) is 13.1 Å². The number of carbonyl (C=O) groups excluding carboxylic acids is 2. The highest BCUT2D eigenvalue weighted by Gasteiger charge is 2.25. The fourth-order valence-corrected chi connectivity index (χ4v) is 3.00. The summed E-state index contributed by atoms with van der Waals surface area (Å²) >= 11 is 5.87. The molecule has 3 rings (SSSR count). The van der Waals surface area contributed by atoms with Gasteiger partial charge >= 0.3 is 0 Å². The van der Waals surface area contributed by atoms with Gasteiger partial charge in [-0.1, -0.05) is 17.7 Å². The van der Waals surface area contributed by atoms with E-state index in [1.807, 2.05) is 12.1 Å². The second-order valence-corrected chi connectivity index (χ2v) is 6.44. The van der Waals surface area contributed by atoms with E-state index in [0.29, 0.717) is 29.2 Å². The van der Waals surface area contributed by atoms with Gasteiger partial charge in [0.25, 0.3) is 5.91 Å². The highest BCUT2D eigenvalue weighted by molar-refractivity contribution is 6.30. The molecule has 1 aliphatic rings. The number of hydrogen-bond donors (Lipinski definition) is 1. The lowest BCUT2D eigenvalue weighted by molar-refractivity contribution is 0.0595. The maximum atomic E-state index is 12.6. The van der Waals surface area contributed by atoms with Crippen LogP contribution in [0.15, 0.2) is 48.5 Å². The zero-order valence-corrected chi connectivity index (χ0v) is 14.4. The molecular weight excluding hydrogens is 340 g/mol. The van der Waals surface area contributed by atoms with E-state index in [2.05, 4.69) is 0 Å². The van der Waals surface area contributed by atoms with E-state index >= 15 is 0 Å². The van der Waals surface area contributed by atoms with Crippen molar-refractivity contribution in [3.05, 3.63) is 64.7 Å². The first-order chi connectivity index (χ1) is 12.0. The summed E-state index contributed by atoms with van der Waals surface area (Å²) in [4.78, 5) is 25.6. The zero-order chi connectivity index (χ0) is 17.8. The number of benzene rings is 2. The summed E-state index contributed by atoms with van der Waals surface area (Å²) in [5.74, 6) is 0.154. The van der Waals surface area contributed by atoms with E-state index in [-0.39, 0.29) is 12.0 Å². The van der Waals surface area contributed by atoms with E-state index in [1.54, 1.807) is 41.3 Å². The monoisotopic (exact) mass is 358 g/mol. The predicted octanol–water partition coefficient (Wildman–Crippen LogP) is 3.12. The van der Waals surface area contributed by atoms with Crippen LogP contribution in [0.4, 0.5) is 0 Å². The summed E-state index contributed by atoms with van der Waals surface area (Å²) in [5.41, 5.74) is 6.09. The molecular formula is C19H19ClN2O3. The van der Waals surface area contributed by atoms with Gasteiger partial charge in [-0.25, -0.2) is 0 Å². The lowest BCUT2D eigenvalue weighted by atomic mass is 10.0. The molecule has 2 amide bonds. The molecule has 0 bridgehead atoms. The zero-order valence-electron chi connectivity index (χ0n) is 13.7. The SMILES string of the molecule is NC(=O)c1cccc(C(=O)N2CCC(Oc3ccc(Cl)cc3)CC2)c1. The van der Waals surface area contributed by atoms with Crippen molar-refractivity contribution in [1.29, 1.82) is 0 Å². The number of nitrogens with two attached hydrogens (primary N) is 1. The molecule has 6 heteroatoms. The van der Waals surface area contributed by atoms with Gasteiger partial charge < -0.3 is 15.4 Å². The van der Waals surface area contributed by atoms with Gasteiger partial charge in [0.15, 0.2) is 0 Å². The van der Waals surface area contributed by atoms with Crippen LogP contribution in [0.2, 0.25) is 5.02 Å². The van der Waals surface area contributed by atoms with Crippen LogP contribution in [0.25, 0.3) is 0 Å². The standard InChI is InChI=1S/C19H19ClN2O3/c20-15-4-6-16(7-5-15)25-17-8-10-22(11-9-17)19(24)14-3-1-2-13(12-14)18(21)23/h1-7,12,17H,8-11H2,(H2,21,23). The van der Waals surface area contributed by atoms with E-state index in [1.165, 1.54) is 0 Å². The first-order valence-electron chi connectivity index (χ1n) is 8.14. The number of rotatable bonds is 4. The third kappa shape index (κ3) is 4.31. The van der Waals surface area contributed by atoms with Crippen LogP contribution in [-0.2, 0) is 0 Å². The van der Waals surface area contributed by atoms with Crippen molar-refractivity contribution >= 4 is 23.4 Å². The van der Waals surface area contributed by atoms with Crippen LogP contribution in [-0.4, -0.2) is 35.9 Å². The van der Waals surface area contributed by atoms with Gasteiger partial charge in [0.2, 0.25) is 5.91 Å². The fraction of sp³-hybridized carbons (Fsp3) is 0.263. The summed E-state index contributed by atoms with van der Waals surface area (Å²) < 4.78 is 5.94. The molecule has 0 aliphatic carbocycles. The third-order valence-electron chi connectivity index (χ3n) is 4.24. The smallest absolute Gasteiger partial charge is 0.253 e. The highest BCUT2D eigenvalue weighted by Crippen LogP contribution is 2.22. The molecule has 1 heterocycles. The fourth-order valence-electron chi connectivity index (χ4n) is 2.87. The summed E-state index contributed by atoms with van der Waals surface area (Å²) in [5, 5.41) is 0.672. The van der Waals surface area contributed by atoms with Crippen molar-refractivity contribution in [2.24, 2.45) is 5.73 Å². The molecule has 0 unspecified atom stereocenters. The molecule has 0 spiro atoms. The molecule has 1 fully saturated rings. The van der Waals surface area contributed by atoms with Crippen LogP contribution in [0.3, 0.4) is 0 Å². The van der Waals surface area contributed by atoms with E-state index in [9.17, 15) is 9.59 Å². The molecule has 130 valence electrons. The number of primary amides is 1. The quantitative estimate of drug-likeness (QED) is 0.912. The Labute approximate surface area is 151 Å². The second-order valence-electron chi connectivity index (χ2n) is 6.01. The average molecular weight is 359 g/mol. The predicted molar refractivity (Wildman–Crippen MR) is 96.0 cm³/mol. The molecule has 1 saturated heterocycles. The Morgan fingerprint density at radius 2 is 1.68 bits per heavy atom. The van der Waals surface area contributed by atoms with Crippen molar-refractivity contribution in [2.45, 2.75) is 18.9 Å². The van der Waals surface area contributed by atoms with Crippen LogP contribution in [0.5, 0.6) is 5.75 Å². The van der Waals surface area contributed by atoms with Crippen LogP contribution in [0.1, 0.15) is 33.6 Å². The van der Waals surface area contributed by atoms with Crippen LogP contribution in [0, 0.1) is 0 Å². The van der Waals surface area contributed by atoms with Gasteiger partial charge in [-0.05, 0) is 42.5 Å². The lowest BCUT2D eigenvalue weighted by Crippen LogP contribution is -2.41. The molecule has 25 heavy (non-hydrogen) atoms. The first kappa shape index (κ1) is 17.3. The molecule has 0 aromatic heterocycles. The molecule has 2 N–H and O–H groups in total. The molecule has 5 nitrogen and oxygen atoms in total. The normalized spacial score (nSPS) is 15.0. The first-order valence-corrected chi connectivity index (χ1v) is 8.52. The average Bonchev–Trinajstić information content (AvgIpc) is 2.64. The maximum Gasteiger partial charge on any atom is 0.253 e. The number of piperidine rings is 1. The van der Waals surface area contributed by atoms with Crippen molar-refractivity contribution in [1.82, 2.24) is 4.90 Å². The largest absolute Gasteiger partial charge is 0.490 e. The summed E-state index contributed by atoms with van der Waals surface area (Å²) in [6.07, 6.45) is 1.58. The molecule has 0 radical (unpaired) electrons. The van der Waals surface area contributed by atoms with E-state index < -0.39 is 5.91 Å². The molecule has 0 saturated carbocycles. The van der Waals surface area contributed by atoms with E-state index in [0.717, 1.165) is 18.6 Å². The number of hydrogen-bond acceptors (Lipinski definition) is 3. The van der Waals surface area contributed by atoms with E-state index in [4.69, 9.17) is 22.1 Å². The minimum atomic E-state index is -0.537. The summed E-state index contributed by atoms with van der Waals surface area (Å²) in [6.45, 7) is 1.22. The van der Waals surface area contributed by atoms with Crippen molar-refractivity contribution in [3.8, 4) is 5.75 Å². The number of likely N-dealkylation sites (tertiary alicyclic amines) is 1. The molecule has 2 aromatic rings. The number of carbonyl (C=O) groups is 2. The van der Waals surface area contributed by atoms with Gasteiger partial charge in [0, 0.05) is 42.1 Å². The van der Waals surface area contributed by atoms with Crippen LogP contribution < -0.4 is 10.5 Å². The summed E-state index contributed by atoms with van der Waals surface area (Å²) in [6, 6.07) is 13.8. The van der Waals surface area contributed by atoms with Crippen molar-refractivity contribution in [3.63, 3.8) is 0 Å². The minimum absolute atomic E-state index is 0.0715. The topological polar surface area (TPSA) is 72.6 Å². The van der Waals surface area contributed by atoms with Gasteiger partial charge in [0.05, 0.1) is 0 Å². The number of ether oxygens (including phenoxy) is 1. The third-order valence-corrected chi connectivity index (χ3v) is 4.49. The molecule has 2 aromatic carbocycles. The lowest BCUT2D eigenvalue weighted by Gasteiger charge is -2.32. The Balaban J connectivity index is 1.58. The summed E-state index contributed by atoms with van der Waals surface area (Å²) in [7, 11) is 0. The maximum absolute atomic E-state index is 12.6. The number of halogens is 1. The van der Waals surface area contributed by atoms with Gasteiger partial charge in [-0.2, -0.15) is 0 Å². The van der Waals surface area contributed by atoms with Gasteiger partial charge in [-0.3, -0.25) is 9.59 Å². The van der Waals surface area contributed by atoms with Crippen LogP contribution >= 0.6 is 11.6 Å². The Kier molecular flexibility index (Phi) is 5.24. The highest BCUT2D eigenvalue weighted by atomic mass is 35.5. The molecule has 1 aliphatic heterocycles. The Hall–Kier alpha value is -2.53. The Morgan fingerprint density at radius 3 is 2.32 bits per heavy atom. The molecule has 0 atom stereocenters. The number of amides is 2. The van der Waals surface area contributed by atoms with Gasteiger partial charge in [-0.15, -0.1) is 0 Å². The Morgan fingerprint density at radius 1 is 1.04 bits per heavy atom. The van der Waals surface area contributed by atoms with Crippen molar-refractivity contribution < 1.29 is 14.3 Å². The number of nitrogens with zero attached hydrogens (tertiary/aromatic N) is 1. The second kappa shape index (κ2) is 7.57. The van der Waals surface area contributed by atoms with Gasteiger partial charge in [0.1, 0.15) is 11.9 Å².